The predicted molar refractivity (Wildman–Crippen MR) is 89.1 cm³/mol. The van der Waals surface area contributed by atoms with Crippen molar-refractivity contribution >= 4 is 11.8 Å². The van der Waals surface area contributed by atoms with Crippen LogP contribution in [0.1, 0.15) is 48.5 Å². The summed E-state index contributed by atoms with van der Waals surface area (Å²) in [4.78, 5) is 24.2. The molecule has 0 aromatic heterocycles. The van der Waals surface area contributed by atoms with E-state index in [1.165, 1.54) is 0 Å². The molecule has 5 heteroatoms. The lowest BCUT2D eigenvalue weighted by atomic mass is 10.0. The number of carbonyl (C=O) groups excluding carboxylic acids is 2. The molecule has 2 rings (SSSR count). The summed E-state index contributed by atoms with van der Waals surface area (Å²) >= 11 is 0. The van der Waals surface area contributed by atoms with Gasteiger partial charge < -0.3 is 15.7 Å². The Morgan fingerprint density at radius 2 is 2.00 bits per heavy atom. The van der Waals surface area contributed by atoms with Gasteiger partial charge in [-0.05, 0) is 44.7 Å². The van der Waals surface area contributed by atoms with Gasteiger partial charge in [0.1, 0.15) is 6.04 Å². The Bertz CT molecular complexity index is 553. The molecule has 0 saturated heterocycles. The second-order valence-corrected chi connectivity index (χ2v) is 6.42. The van der Waals surface area contributed by atoms with Crippen molar-refractivity contribution in [3.8, 4) is 0 Å². The smallest absolute Gasteiger partial charge is 0.251 e. The lowest BCUT2D eigenvalue weighted by Gasteiger charge is -2.20. The van der Waals surface area contributed by atoms with Gasteiger partial charge in [0.2, 0.25) is 5.91 Å². The maximum Gasteiger partial charge on any atom is 0.251 e. The molecule has 126 valence electrons. The molecule has 1 aromatic carbocycles. The second kappa shape index (κ2) is 8.11. The summed E-state index contributed by atoms with van der Waals surface area (Å²) in [5, 5.41) is 15.5. The van der Waals surface area contributed by atoms with Crippen LogP contribution in [-0.2, 0) is 4.79 Å². The predicted octanol–water partition coefficient (Wildman–Crippen LogP) is 1.78. The number of benzene rings is 1. The molecule has 1 aliphatic rings. The normalized spacial score (nSPS) is 17.5. The third kappa shape index (κ3) is 5.06. The summed E-state index contributed by atoms with van der Waals surface area (Å²) in [7, 11) is 0. The van der Waals surface area contributed by atoms with Crippen LogP contribution < -0.4 is 10.6 Å². The van der Waals surface area contributed by atoms with Crippen molar-refractivity contribution < 1.29 is 14.7 Å². The van der Waals surface area contributed by atoms with Gasteiger partial charge in [0.25, 0.3) is 5.91 Å². The van der Waals surface area contributed by atoms with Crippen molar-refractivity contribution in [2.45, 2.75) is 51.7 Å². The molecule has 0 heterocycles. The molecule has 5 nitrogen and oxygen atoms in total. The average molecular weight is 318 g/mol. The maximum absolute atomic E-state index is 12.1. The molecular formula is C18H26N2O3. The fourth-order valence-electron chi connectivity index (χ4n) is 3.00. The number of rotatable bonds is 6. The third-order valence-electron chi connectivity index (χ3n) is 4.45. The number of aliphatic hydroxyl groups excluding tert-OH is 1. The van der Waals surface area contributed by atoms with E-state index in [2.05, 4.69) is 10.6 Å². The Kier molecular flexibility index (Phi) is 6.16. The standard InChI is InChI=1S/C18H26N2O3/c1-12-6-5-9-15(10-12)18(23)20-13(2)17(22)19-11-16(21)14-7-3-4-8-14/h5-6,9-10,13-14,16,21H,3-4,7-8,11H2,1-2H3,(H,19,22)(H,20,23). The van der Waals surface area contributed by atoms with Crippen molar-refractivity contribution in [1.82, 2.24) is 10.6 Å². The molecule has 23 heavy (non-hydrogen) atoms. The molecule has 1 fully saturated rings. The highest BCUT2D eigenvalue weighted by Crippen LogP contribution is 2.27. The number of hydrogen-bond acceptors (Lipinski definition) is 3. The lowest BCUT2D eigenvalue weighted by Crippen LogP contribution is -2.47. The van der Waals surface area contributed by atoms with Crippen molar-refractivity contribution in [3.05, 3.63) is 35.4 Å². The first-order valence-electron chi connectivity index (χ1n) is 8.30. The molecule has 0 aliphatic heterocycles. The minimum absolute atomic E-state index is 0.244. The van der Waals surface area contributed by atoms with Gasteiger partial charge in [-0.15, -0.1) is 0 Å². The average Bonchev–Trinajstić information content (AvgIpc) is 3.06. The molecule has 1 aliphatic carbocycles. The Hall–Kier alpha value is -1.88. The van der Waals surface area contributed by atoms with Gasteiger partial charge in [0.05, 0.1) is 6.10 Å². The highest BCUT2D eigenvalue weighted by molar-refractivity contribution is 5.97. The van der Waals surface area contributed by atoms with Crippen molar-refractivity contribution in [2.24, 2.45) is 5.92 Å². The molecule has 0 bridgehead atoms. The third-order valence-corrected chi connectivity index (χ3v) is 4.45. The Balaban J connectivity index is 1.79. The second-order valence-electron chi connectivity index (χ2n) is 6.42. The molecule has 2 atom stereocenters. The van der Waals surface area contributed by atoms with E-state index < -0.39 is 12.1 Å². The number of nitrogens with one attached hydrogen (secondary N) is 2. The van der Waals surface area contributed by atoms with E-state index in [-0.39, 0.29) is 24.3 Å². The molecule has 0 spiro atoms. The van der Waals surface area contributed by atoms with Crippen molar-refractivity contribution in [2.75, 3.05) is 6.54 Å². The van der Waals surface area contributed by atoms with Crippen LogP contribution in [0.5, 0.6) is 0 Å². The van der Waals surface area contributed by atoms with Gasteiger partial charge >= 0.3 is 0 Å². The largest absolute Gasteiger partial charge is 0.391 e. The van der Waals surface area contributed by atoms with Gasteiger partial charge in [-0.3, -0.25) is 9.59 Å². The Morgan fingerprint density at radius 3 is 2.65 bits per heavy atom. The van der Waals surface area contributed by atoms with E-state index in [9.17, 15) is 14.7 Å². The van der Waals surface area contributed by atoms with Gasteiger partial charge in [-0.2, -0.15) is 0 Å². The number of aliphatic hydroxyl groups is 1. The van der Waals surface area contributed by atoms with Gasteiger partial charge in [-0.1, -0.05) is 30.5 Å². The molecule has 2 amide bonds. The first-order chi connectivity index (χ1) is 11.0. The van der Waals surface area contributed by atoms with Crippen molar-refractivity contribution in [3.63, 3.8) is 0 Å². The lowest BCUT2D eigenvalue weighted by molar-refractivity contribution is -0.123. The van der Waals surface area contributed by atoms with E-state index in [1.54, 1.807) is 19.1 Å². The highest BCUT2D eigenvalue weighted by atomic mass is 16.3. The summed E-state index contributed by atoms with van der Waals surface area (Å²) in [6.07, 6.45) is 3.85. The topological polar surface area (TPSA) is 78.4 Å². The minimum atomic E-state index is -0.640. The molecule has 1 saturated carbocycles. The summed E-state index contributed by atoms with van der Waals surface area (Å²) in [5.74, 6) is -0.261. The number of amides is 2. The first kappa shape index (κ1) is 17.5. The molecule has 0 radical (unpaired) electrons. The van der Waals surface area contributed by atoms with Crippen LogP contribution in [0, 0.1) is 12.8 Å². The van der Waals surface area contributed by atoms with E-state index >= 15 is 0 Å². The Morgan fingerprint density at radius 1 is 1.30 bits per heavy atom. The van der Waals surface area contributed by atoms with Crippen LogP contribution in [0.4, 0.5) is 0 Å². The quantitative estimate of drug-likeness (QED) is 0.748. The summed E-state index contributed by atoms with van der Waals surface area (Å²) in [6, 6.07) is 6.59. The van der Waals surface area contributed by atoms with Gasteiger partial charge in [-0.25, -0.2) is 0 Å². The number of aryl methyl sites for hydroxylation is 1. The minimum Gasteiger partial charge on any atom is -0.391 e. The zero-order valence-corrected chi connectivity index (χ0v) is 13.8. The zero-order valence-electron chi connectivity index (χ0n) is 13.8. The van der Waals surface area contributed by atoms with Crippen LogP contribution in [0.3, 0.4) is 0 Å². The fourth-order valence-corrected chi connectivity index (χ4v) is 3.00. The van der Waals surface area contributed by atoms with Gasteiger partial charge in [0.15, 0.2) is 0 Å². The zero-order chi connectivity index (χ0) is 16.8. The monoisotopic (exact) mass is 318 g/mol. The molecule has 2 unspecified atom stereocenters. The SMILES string of the molecule is Cc1cccc(C(=O)NC(C)C(=O)NCC(O)C2CCCC2)c1. The molecular weight excluding hydrogens is 292 g/mol. The fraction of sp³-hybridized carbons (Fsp3) is 0.556. The summed E-state index contributed by atoms with van der Waals surface area (Å²) in [6.45, 7) is 3.80. The van der Waals surface area contributed by atoms with Crippen LogP contribution in [0.15, 0.2) is 24.3 Å². The van der Waals surface area contributed by atoms with Gasteiger partial charge in [0, 0.05) is 12.1 Å². The van der Waals surface area contributed by atoms with Crippen LogP contribution in [0.25, 0.3) is 0 Å². The molecule has 1 aromatic rings. The highest BCUT2D eigenvalue weighted by Gasteiger charge is 2.24. The Labute approximate surface area is 137 Å². The number of carbonyl (C=O) groups is 2. The number of hydrogen-bond donors (Lipinski definition) is 3. The molecule has 3 N–H and O–H groups in total. The van der Waals surface area contributed by atoms with E-state index in [1.807, 2.05) is 19.1 Å². The van der Waals surface area contributed by atoms with E-state index in [0.29, 0.717) is 5.56 Å². The van der Waals surface area contributed by atoms with Crippen LogP contribution >= 0.6 is 0 Å². The first-order valence-corrected chi connectivity index (χ1v) is 8.30. The van der Waals surface area contributed by atoms with E-state index in [0.717, 1.165) is 31.2 Å². The summed E-state index contributed by atoms with van der Waals surface area (Å²) in [5.41, 5.74) is 1.53. The van der Waals surface area contributed by atoms with Crippen LogP contribution in [-0.4, -0.2) is 35.6 Å². The van der Waals surface area contributed by atoms with E-state index in [4.69, 9.17) is 0 Å². The summed E-state index contributed by atoms with van der Waals surface area (Å²) < 4.78 is 0. The van der Waals surface area contributed by atoms with Crippen molar-refractivity contribution in [1.29, 1.82) is 0 Å². The maximum atomic E-state index is 12.1. The van der Waals surface area contributed by atoms with Crippen LogP contribution in [0.2, 0.25) is 0 Å².